The summed E-state index contributed by atoms with van der Waals surface area (Å²) in [6.07, 6.45) is 7.63. The summed E-state index contributed by atoms with van der Waals surface area (Å²) in [6, 6.07) is 2.06. The van der Waals surface area contributed by atoms with Crippen molar-refractivity contribution in [2.24, 2.45) is 14.1 Å². The Balaban J connectivity index is 1.64. The van der Waals surface area contributed by atoms with E-state index < -0.39 is 0 Å². The van der Waals surface area contributed by atoms with Crippen molar-refractivity contribution in [3.05, 3.63) is 36.2 Å². The maximum atomic E-state index is 4.29. The van der Waals surface area contributed by atoms with E-state index in [9.17, 15) is 0 Å². The van der Waals surface area contributed by atoms with Crippen LogP contribution in [0.2, 0.25) is 0 Å². The SMILES string of the molecule is Cn1ccnc1CCNCCc1ccnn1C. The monoisotopic (exact) mass is 233 g/mol. The van der Waals surface area contributed by atoms with Crippen LogP contribution >= 0.6 is 0 Å². The molecule has 0 aliphatic heterocycles. The van der Waals surface area contributed by atoms with Gasteiger partial charge < -0.3 is 9.88 Å². The fourth-order valence-corrected chi connectivity index (χ4v) is 1.83. The molecule has 2 heterocycles. The average molecular weight is 233 g/mol. The van der Waals surface area contributed by atoms with E-state index >= 15 is 0 Å². The molecular formula is C12H19N5. The lowest BCUT2D eigenvalue weighted by Gasteiger charge is -2.05. The number of hydrogen-bond donors (Lipinski definition) is 1. The van der Waals surface area contributed by atoms with Gasteiger partial charge in [0.2, 0.25) is 0 Å². The van der Waals surface area contributed by atoms with E-state index in [0.29, 0.717) is 0 Å². The van der Waals surface area contributed by atoms with E-state index in [1.807, 2.05) is 37.4 Å². The Bertz CT molecular complexity index is 415. The molecule has 0 saturated carbocycles. The zero-order valence-corrected chi connectivity index (χ0v) is 10.4. The van der Waals surface area contributed by atoms with Crippen molar-refractivity contribution in [1.82, 2.24) is 24.6 Å². The molecule has 17 heavy (non-hydrogen) atoms. The fraction of sp³-hybridized carbons (Fsp3) is 0.500. The maximum absolute atomic E-state index is 4.29. The molecule has 0 radical (unpaired) electrons. The summed E-state index contributed by atoms with van der Waals surface area (Å²) >= 11 is 0. The average Bonchev–Trinajstić information content (AvgIpc) is 2.89. The second-order valence-electron chi connectivity index (χ2n) is 4.15. The van der Waals surface area contributed by atoms with Crippen molar-refractivity contribution in [2.45, 2.75) is 12.8 Å². The number of nitrogens with zero attached hydrogens (tertiary/aromatic N) is 4. The molecule has 0 atom stereocenters. The van der Waals surface area contributed by atoms with Gasteiger partial charge in [-0.3, -0.25) is 4.68 Å². The first-order valence-electron chi connectivity index (χ1n) is 5.91. The highest BCUT2D eigenvalue weighted by molar-refractivity contribution is 5.00. The summed E-state index contributed by atoms with van der Waals surface area (Å²) in [6.45, 7) is 1.94. The Labute approximate surface area is 101 Å². The molecule has 0 aliphatic carbocycles. The van der Waals surface area contributed by atoms with Gasteiger partial charge in [0.05, 0.1) is 0 Å². The van der Waals surface area contributed by atoms with E-state index in [4.69, 9.17) is 0 Å². The fourth-order valence-electron chi connectivity index (χ4n) is 1.83. The largest absolute Gasteiger partial charge is 0.338 e. The molecule has 92 valence electrons. The van der Waals surface area contributed by atoms with Crippen LogP contribution in [0.25, 0.3) is 0 Å². The number of aromatic nitrogens is 4. The summed E-state index contributed by atoms with van der Waals surface area (Å²) in [5.41, 5.74) is 1.26. The second-order valence-corrected chi connectivity index (χ2v) is 4.15. The summed E-state index contributed by atoms with van der Waals surface area (Å²) in [4.78, 5) is 4.29. The van der Waals surface area contributed by atoms with Crippen LogP contribution in [0.3, 0.4) is 0 Å². The molecule has 0 unspecified atom stereocenters. The highest BCUT2D eigenvalue weighted by Crippen LogP contribution is 1.97. The topological polar surface area (TPSA) is 47.7 Å². The Morgan fingerprint density at radius 3 is 2.65 bits per heavy atom. The van der Waals surface area contributed by atoms with Gasteiger partial charge in [-0.25, -0.2) is 4.98 Å². The third-order valence-electron chi connectivity index (χ3n) is 2.93. The minimum absolute atomic E-state index is 0.961. The molecule has 0 spiro atoms. The van der Waals surface area contributed by atoms with Crippen molar-refractivity contribution in [2.75, 3.05) is 13.1 Å². The van der Waals surface area contributed by atoms with Gasteiger partial charge in [0.25, 0.3) is 0 Å². The standard InChI is InChI=1S/C12H19N5/c1-16-10-9-14-12(16)5-7-13-6-3-11-4-8-15-17(11)2/h4,8-10,13H,3,5-7H2,1-2H3. The van der Waals surface area contributed by atoms with E-state index in [0.717, 1.165) is 31.8 Å². The smallest absolute Gasteiger partial charge is 0.109 e. The van der Waals surface area contributed by atoms with E-state index in [-0.39, 0.29) is 0 Å². The predicted octanol–water partition coefficient (Wildman–Crippen LogP) is 0.528. The molecule has 0 bridgehead atoms. The quantitative estimate of drug-likeness (QED) is 0.740. The Kier molecular flexibility index (Phi) is 3.93. The molecule has 2 rings (SSSR count). The Morgan fingerprint density at radius 2 is 2.00 bits per heavy atom. The van der Waals surface area contributed by atoms with Crippen LogP contribution in [0.1, 0.15) is 11.5 Å². The van der Waals surface area contributed by atoms with Gasteiger partial charge in [-0.1, -0.05) is 0 Å². The van der Waals surface area contributed by atoms with Crippen LogP contribution < -0.4 is 5.32 Å². The first-order chi connectivity index (χ1) is 8.27. The molecule has 5 heteroatoms. The Hall–Kier alpha value is -1.62. The predicted molar refractivity (Wildman–Crippen MR) is 66.7 cm³/mol. The maximum Gasteiger partial charge on any atom is 0.109 e. The summed E-state index contributed by atoms with van der Waals surface area (Å²) < 4.78 is 3.98. The van der Waals surface area contributed by atoms with Crippen LogP contribution in [0, 0.1) is 0 Å². The molecule has 0 saturated heterocycles. The molecule has 5 nitrogen and oxygen atoms in total. The minimum Gasteiger partial charge on any atom is -0.338 e. The third-order valence-corrected chi connectivity index (χ3v) is 2.93. The van der Waals surface area contributed by atoms with Crippen LogP contribution in [0.5, 0.6) is 0 Å². The number of aryl methyl sites for hydroxylation is 2. The summed E-state index contributed by atoms with van der Waals surface area (Å²) in [5, 5.41) is 7.57. The zero-order valence-electron chi connectivity index (χ0n) is 10.4. The normalized spacial score (nSPS) is 10.9. The van der Waals surface area contributed by atoms with Crippen molar-refractivity contribution >= 4 is 0 Å². The molecule has 0 aliphatic rings. The number of hydrogen-bond acceptors (Lipinski definition) is 3. The van der Waals surface area contributed by atoms with Crippen LogP contribution in [0.15, 0.2) is 24.7 Å². The lowest BCUT2D eigenvalue weighted by atomic mass is 10.3. The molecule has 1 N–H and O–H groups in total. The third kappa shape index (κ3) is 3.17. The van der Waals surface area contributed by atoms with Crippen LogP contribution in [0.4, 0.5) is 0 Å². The van der Waals surface area contributed by atoms with Crippen molar-refractivity contribution in [1.29, 1.82) is 0 Å². The van der Waals surface area contributed by atoms with Crippen molar-refractivity contribution in [3.8, 4) is 0 Å². The van der Waals surface area contributed by atoms with Gasteiger partial charge in [-0.05, 0) is 6.07 Å². The molecular weight excluding hydrogens is 214 g/mol. The van der Waals surface area contributed by atoms with Crippen molar-refractivity contribution < 1.29 is 0 Å². The van der Waals surface area contributed by atoms with Gasteiger partial charge in [0.15, 0.2) is 0 Å². The van der Waals surface area contributed by atoms with Gasteiger partial charge in [-0.15, -0.1) is 0 Å². The lowest BCUT2D eigenvalue weighted by Crippen LogP contribution is -2.22. The van der Waals surface area contributed by atoms with Gasteiger partial charge in [0.1, 0.15) is 5.82 Å². The summed E-state index contributed by atoms with van der Waals surface area (Å²) in [7, 11) is 4.00. The van der Waals surface area contributed by atoms with E-state index in [2.05, 4.69) is 26.0 Å². The van der Waals surface area contributed by atoms with E-state index in [1.54, 1.807) is 0 Å². The first kappa shape index (κ1) is 11.9. The second kappa shape index (κ2) is 5.63. The molecule has 0 fully saturated rings. The van der Waals surface area contributed by atoms with Crippen LogP contribution in [-0.2, 0) is 26.9 Å². The number of imidazole rings is 1. The molecule has 2 aromatic rings. The zero-order chi connectivity index (χ0) is 12.1. The van der Waals surface area contributed by atoms with Crippen molar-refractivity contribution in [3.63, 3.8) is 0 Å². The summed E-state index contributed by atoms with van der Waals surface area (Å²) in [5.74, 6) is 1.12. The minimum atomic E-state index is 0.961. The highest BCUT2D eigenvalue weighted by Gasteiger charge is 2.00. The molecule has 0 aromatic carbocycles. The van der Waals surface area contributed by atoms with Crippen LogP contribution in [-0.4, -0.2) is 32.4 Å². The number of rotatable bonds is 6. The lowest BCUT2D eigenvalue weighted by molar-refractivity contribution is 0.627. The molecule has 2 aromatic heterocycles. The van der Waals surface area contributed by atoms with Gasteiger partial charge >= 0.3 is 0 Å². The van der Waals surface area contributed by atoms with Gasteiger partial charge in [0, 0.05) is 64.3 Å². The molecule has 0 amide bonds. The first-order valence-corrected chi connectivity index (χ1v) is 5.91. The highest BCUT2D eigenvalue weighted by atomic mass is 15.3. The number of nitrogens with one attached hydrogen (secondary N) is 1. The van der Waals surface area contributed by atoms with Gasteiger partial charge in [-0.2, -0.15) is 5.10 Å². The Morgan fingerprint density at radius 1 is 1.18 bits per heavy atom. The van der Waals surface area contributed by atoms with E-state index in [1.165, 1.54) is 5.69 Å².